The monoisotopic (exact) mass is 290 g/mol. The number of hydrogen-bond acceptors (Lipinski definition) is 4. The van der Waals surface area contributed by atoms with Crippen molar-refractivity contribution in [2.24, 2.45) is 0 Å². The summed E-state index contributed by atoms with van der Waals surface area (Å²) in [5, 5.41) is 0.980. The van der Waals surface area contributed by atoms with Crippen molar-refractivity contribution in [1.29, 1.82) is 0 Å². The minimum atomic E-state index is -3.18. The molecule has 0 aliphatic rings. The molecule has 0 aliphatic heterocycles. The second-order valence-electron chi connectivity index (χ2n) is 4.54. The molecule has 18 heavy (non-hydrogen) atoms. The molecular weight excluding hydrogens is 268 g/mol. The van der Waals surface area contributed by atoms with E-state index < -0.39 is 10.0 Å². The summed E-state index contributed by atoms with van der Waals surface area (Å²) in [5.41, 5.74) is 0.875. The highest BCUT2D eigenvalue weighted by Gasteiger charge is 2.26. The Balaban J connectivity index is 2.90. The number of thiazole rings is 1. The van der Waals surface area contributed by atoms with E-state index in [1.54, 1.807) is 18.4 Å². The van der Waals surface area contributed by atoms with E-state index in [-0.39, 0.29) is 11.8 Å². The maximum atomic E-state index is 12.1. The summed E-state index contributed by atoms with van der Waals surface area (Å²) in [4.78, 5) is 5.53. The van der Waals surface area contributed by atoms with Crippen LogP contribution in [-0.4, -0.2) is 30.5 Å². The Morgan fingerprint density at radius 2 is 2.00 bits per heavy atom. The van der Waals surface area contributed by atoms with Crippen LogP contribution in [0.15, 0.2) is 0 Å². The summed E-state index contributed by atoms with van der Waals surface area (Å²) in [5.74, 6) is 0.215. The minimum Gasteiger partial charge on any atom is -0.245 e. The molecule has 0 unspecified atom stereocenters. The molecule has 1 aromatic rings. The zero-order valence-corrected chi connectivity index (χ0v) is 13.4. The normalized spacial score (nSPS) is 14.1. The van der Waals surface area contributed by atoms with Gasteiger partial charge in [-0.2, -0.15) is 4.31 Å². The zero-order valence-electron chi connectivity index (χ0n) is 11.7. The molecule has 6 heteroatoms. The van der Waals surface area contributed by atoms with Gasteiger partial charge in [-0.25, -0.2) is 13.4 Å². The lowest BCUT2D eigenvalue weighted by Gasteiger charge is -2.23. The predicted octanol–water partition coefficient (Wildman–Crippen LogP) is 2.88. The molecule has 104 valence electrons. The predicted molar refractivity (Wildman–Crippen MR) is 76.5 cm³/mol. The molecule has 1 aromatic heterocycles. The molecule has 0 aliphatic carbocycles. The van der Waals surface area contributed by atoms with Gasteiger partial charge in [0.25, 0.3) is 0 Å². The van der Waals surface area contributed by atoms with E-state index in [1.807, 2.05) is 27.7 Å². The van der Waals surface area contributed by atoms with Crippen molar-refractivity contribution in [3.05, 3.63) is 15.6 Å². The third kappa shape index (κ3) is 3.52. The van der Waals surface area contributed by atoms with Crippen LogP contribution in [0.25, 0.3) is 0 Å². The maximum Gasteiger partial charge on any atom is 0.214 e. The second kappa shape index (κ2) is 6.12. The van der Waals surface area contributed by atoms with E-state index in [1.165, 1.54) is 4.31 Å². The van der Waals surface area contributed by atoms with Gasteiger partial charge < -0.3 is 0 Å². The molecule has 0 saturated heterocycles. The van der Waals surface area contributed by atoms with Gasteiger partial charge in [0.15, 0.2) is 0 Å². The van der Waals surface area contributed by atoms with Crippen LogP contribution < -0.4 is 0 Å². The van der Waals surface area contributed by atoms with Gasteiger partial charge in [-0.05, 0) is 27.2 Å². The minimum absolute atomic E-state index is 0.197. The Morgan fingerprint density at radius 1 is 1.39 bits per heavy atom. The number of aryl methyl sites for hydroxylation is 2. The molecule has 0 spiro atoms. The Hall–Kier alpha value is -0.460. The van der Waals surface area contributed by atoms with Gasteiger partial charge in [0.05, 0.1) is 22.5 Å². The number of sulfonamides is 1. The van der Waals surface area contributed by atoms with Crippen molar-refractivity contribution >= 4 is 21.4 Å². The Labute approximate surface area is 114 Å². The van der Waals surface area contributed by atoms with E-state index >= 15 is 0 Å². The first kappa shape index (κ1) is 15.6. The van der Waals surface area contributed by atoms with Crippen LogP contribution >= 0.6 is 11.3 Å². The van der Waals surface area contributed by atoms with Crippen molar-refractivity contribution in [2.45, 2.75) is 46.6 Å². The largest absolute Gasteiger partial charge is 0.245 e. The zero-order chi connectivity index (χ0) is 13.9. The van der Waals surface area contributed by atoms with Gasteiger partial charge >= 0.3 is 0 Å². The topological polar surface area (TPSA) is 50.3 Å². The number of rotatable bonds is 6. The summed E-state index contributed by atoms with van der Waals surface area (Å²) < 4.78 is 25.7. The average molecular weight is 290 g/mol. The standard InChI is InChI=1S/C12H22N2O2S2/c1-6-7-8-18(15,16)14(5)9(2)12-10(3)17-11(4)13-12/h9H,6-8H2,1-5H3/t9-/m0/s1. The smallest absolute Gasteiger partial charge is 0.214 e. The molecule has 0 N–H and O–H groups in total. The third-order valence-corrected chi connectivity index (χ3v) is 5.98. The van der Waals surface area contributed by atoms with Gasteiger partial charge in [-0.3, -0.25) is 0 Å². The van der Waals surface area contributed by atoms with Crippen molar-refractivity contribution in [2.75, 3.05) is 12.8 Å². The highest BCUT2D eigenvalue weighted by molar-refractivity contribution is 7.89. The third-order valence-electron chi connectivity index (χ3n) is 3.08. The van der Waals surface area contributed by atoms with Crippen molar-refractivity contribution in [1.82, 2.24) is 9.29 Å². The van der Waals surface area contributed by atoms with Crippen LogP contribution in [-0.2, 0) is 10.0 Å². The van der Waals surface area contributed by atoms with Crippen molar-refractivity contribution < 1.29 is 8.42 Å². The molecule has 0 fully saturated rings. The number of unbranched alkanes of at least 4 members (excludes halogenated alkanes) is 1. The summed E-state index contributed by atoms with van der Waals surface area (Å²) in [6.07, 6.45) is 1.59. The number of aromatic nitrogens is 1. The fourth-order valence-corrected chi connectivity index (χ4v) is 4.25. The second-order valence-corrected chi connectivity index (χ2v) is 8.09. The Kier molecular flexibility index (Phi) is 5.31. The van der Waals surface area contributed by atoms with Crippen LogP contribution in [0.4, 0.5) is 0 Å². The lowest BCUT2D eigenvalue weighted by Crippen LogP contribution is -2.32. The average Bonchev–Trinajstić information content (AvgIpc) is 2.64. The number of nitrogens with zero attached hydrogens (tertiary/aromatic N) is 2. The van der Waals surface area contributed by atoms with E-state index in [0.717, 1.165) is 22.0 Å². The highest BCUT2D eigenvalue weighted by atomic mass is 32.2. The van der Waals surface area contributed by atoms with Crippen LogP contribution in [0.2, 0.25) is 0 Å². The van der Waals surface area contributed by atoms with E-state index in [0.29, 0.717) is 6.42 Å². The molecular formula is C12H22N2O2S2. The van der Waals surface area contributed by atoms with Crippen molar-refractivity contribution in [3.8, 4) is 0 Å². The molecule has 1 heterocycles. The molecule has 0 aromatic carbocycles. The molecule has 0 amide bonds. The molecule has 4 nitrogen and oxygen atoms in total. The lowest BCUT2D eigenvalue weighted by molar-refractivity contribution is 0.391. The van der Waals surface area contributed by atoms with Gasteiger partial charge in [-0.1, -0.05) is 13.3 Å². The number of hydrogen-bond donors (Lipinski definition) is 0. The van der Waals surface area contributed by atoms with Gasteiger partial charge in [-0.15, -0.1) is 11.3 Å². The van der Waals surface area contributed by atoms with E-state index in [9.17, 15) is 8.42 Å². The van der Waals surface area contributed by atoms with E-state index in [4.69, 9.17) is 0 Å². The van der Waals surface area contributed by atoms with Crippen LogP contribution in [0.5, 0.6) is 0 Å². The molecule has 0 saturated carbocycles. The summed E-state index contributed by atoms with van der Waals surface area (Å²) in [6.45, 7) is 7.82. The summed E-state index contributed by atoms with van der Waals surface area (Å²) >= 11 is 1.61. The van der Waals surface area contributed by atoms with Crippen LogP contribution in [0.1, 0.15) is 48.3 Å². The lowest BCUT2D eigenvalue weighted by atomic mass is 10.2. The molecule has 0 bridgehead atoms. The van der Waals surface area contributed by atoms with Gasteiger partial charge in [0.1, 0.15) is 0 Å². The fraction of sp³-hybridized carbons (Fsp3) is 0.750. The SMILES string of the molecule is CCCCS(=O)(=O)N(C)[C@@H](C)c1nc(C)sc1C. The van der Waals surface area contributed by atoms with Crippen molar-refractivity contribution in [3.63, 3.8) is 0 Å². The molecule has 0 radical (unpaired) electrons. The molecule has 1 atom stereocenters. The Morgan fingerprint density at radius 3 is 2.44 bits per heavy atom. The first-order valence-corrected chi connectivity index (χ1v) is 8.61. The van der Waals surface area contributed by atoms with Crippen LogP contribution in [0.3, 0.4) is 0 Å². The van der Waals surface area contributed by atoms with Gasteiger partial charge in [0, 0.05) is 11.9 Å². The van der Waals surface area contributed by atoms with Crippen LogP contribution in [0, 0.1) is 13.8 Å². The van der Waals surface area contributed by atoms with E-state index in [2.05, 4.69) is 4.98 Å². The quantitative estimate of drug-likeness (QED) is 0.809. The maximum absolute atomic E-state index is 12.1. The Bertz CT molecular complexity index is 494. The first-order valence-electron chi connectivity index (χ1n) is 6.19. The fourth-order valence-electron chi connectivity index (χ4n) is 1.82. The first-order chi connectivity index (χ1) is 8.29. The highest BCUT2D eigenvalue weighted by Crippen LogP contribution is 2.27. The van der Waals surface area contributed by atoms with Gasteiger partial charge in [0.2, 0.25) is 10.0 Å². The summed E-state index contributed by atoms with van der Waals surface area (Å²) in [7, 11) is -1.54. The molecule has 1 rings (SSSR count). The summed E-state index contributed by atoms with van der Waals surface area (Å²) in [6, 6.07) is -0.197.